The van der Waals surface area contributed by atoms with E-state index in [2.05, 4.69) is 25.2 Å². The van der Waals surface area contributed by atoms with Gasteiger partial charge in [-0.25, -0.2) is 14.0 Å². The summed E-state index contributed by atoms with van der Waals surface area (Å²) >= 11 is 0. The van der Waals surface area contributed by atoms with E-state index < -0.39 is 23.7 Å². The van der Waals surface area contributed by atoms with Gasteiger partial charge in [0.25, 0.3) is 11.8 Å². The van der Waals surface area contributed by atoms with Crippen molar-refractivity contribution in [2.75, 3.05) is 0 Å². The van der Waals surface area contributed by atoms with E-state index in [1.807, 2.05) is 0 Å². The Kier molecular flexibility index (Phi) is 6.11. The summed E-state index contributed by atoms with van der Waals surface area (Å²) in [4.78, 5) is 27.9. The largest absolute Gasteiger partial charge is 0.481 e. The Morgan fingerprint density at radius 1 is 1.12 bits per heavy atom. The molecule has 4 rings (SSSR count). The van der Waals surface area contributed by atoms with Gasteiger partial charge in [-0.3, -0.25) is 9.59 Å². The Labute approximate surface area is 186 Å². The lowest BCUT2D eigenvalue weighted by Gasteiger charge is -2.13. The number of hydrogen-bond donors (Lipinski definition) is 2. The number of ether oxygens (including phenoxy) is 2. The van der Waals surface area contributed by atoms with Gasteiger partial charge in [-0.05, 0) is 47.6 Å². The highest BCUT2D eigenvalue weighted by molar-refractivity contribution is 5.96. The van der Waals surface area contributed by atoms with Gasteiger partial charge >= 0.3 is 0 Å². The third-order valence-corrected chi connectivity index (χ3v) is 4.63. The second-order valence-electron chi connectivity index (χ2n) is 6.97. The number of primary amides is 1. The molecule has 2 aromatic carbocycles. The van der Waals surface area contributed by atoms with E-state index in [9.17, 15) is 14.0 Å². The van der Waals surface area contributed by atoms with Crippen LogP contribution in [0.3, 0.4) is 0 Å². The first-order chi connectivity index (χ1) is 15.9. The Balaban J connectivity index is 1.44. The molecule has 1 atom stereocenters. The van der Waals surface area contributed by atoms with Gasteiger partial charge in [0.05, 0.1) is 0 Å². The predicted molar refractivity (Wildman–Crippen MR) is 113 cm³/mol. The third-order valence-electron chi connectivity index (χ3n) is 4.63. The number of nitrogens with zero attached hydrogens (tertiary/aromatic N) is 3. The number of hydrogen-bond acceptors (Lipinski definition) is 8. The van der Waals surface area contributed by atoms with Crippen LogP contribution >= 0.6 is 0 Å². The SMILES string of the molecule is C[C@@H](Oc1ccc(CNC(=O)c2cccnc2Oc2ccc3nonc3c2)c(F)c1)C(N)=O. The summed E-state index contributed by atoms with van der Waals surface area (Å²) in [5.74, 6) is -1.19. The number of benzene rings is 2. The van der Waals surface area contributed by atoms with Gasteiger partial charge in [-0.2, -0.15) is 0 Å². The Morgan fingerprint density at radius 2 is 1.91 bits per heavy atom. The quantitative estimate of drug-likeness (QED) is 0.416. The van der Waals surface area contributed by atoms with Gasteiger partial charge in [0.1, 0.15) is 33.9 Å². The second-order valence-corrected chi connectivity index (χ2v) is 6.97. The highest BCUT2D eigenvalue weighted by Crippen LogP contribution is 2.25. The van der Waals surface area contributed by atoms with Crippen LogP contribution in [0.2, 0.25) is 0 Å². The molecular formula is C22H18FN5O5. The summed E-state index contributed by atoms with van der Waals surface area (Å²) < 4.78 is 30.1. The van der Waals surface area contributed by atoms with E-state index >= 15 is 0 Å². The van der Waals surface area contributed by atoms with Gasteiger partial charge in [0.15, 0.2) is 6.10 Å². The number of rotatable bonds is 8. The molecule has 0 aliphatic heterocycles. The Morgan fingerprint density at radius 3 is 2.70 bits per heavy atom. The zero-order valence-corrected chi connectivity index (χ0v) is 17.3. The molecule has 0 aliphatic rings. The van der Waals surface area contributed by atoms with E-state index in [-0.39, 0.29) is 29.3 Å². The van der Waals surface area contributed by atoms with Crippen molar-refractivity contribution in [3.05, 3.63) is 71.7 Å². The minimum Gasteiger partial charge on any atom is -0.481 e. The summed E-state index contributed by atoms with van der Waals surface area (Å²) in [5.41, 5.74) is 6.56. The van der Waals surface area contributed by atoms with Gasteiger partial charge in [0, 0.05) is 30.4 Å². The van der Waals surface area contributed by atoms with Crippen molar-refractivity contribution in [3.8, 4) is 17.4 Å². The van der Waals surface area contributed by atoms with Gasteiger partial charge < -0.3 is 20.5 Å². The van der Waals surface area contributed by atoms with E-state index in [1.165, 1.54) is 31.3 Å². The van der Waals surface area contributed by atoms with E-state index in [0.717, 1.165) is 6.07 Å². The molecule has 0 spiro atoms. The molecule has 2 heterocycles. The highest BCUT2D eigenvalue weighted by atomic mass is 19.1. The number of carbonyl (C=O) groups excluding carboxylic acids is 2. The summed E-state index contributed by atoms with van der Waals surface area (Å²) in [6.07, 6.45) is 0.577. The van der Waals surface area contributed by atoms with Gasteiger partial charge in [-0.1, -0.05) is 6.07 Å². The first-order valence-corrected chi connectivity index (χ1v) is 9.78. The lowest BCUT2D eigenvalue weighted by atomic mass is 10.2. The molecule has 2 amide bonds. The van der Waals surface area contributed by atoms with Crippen LogP contribution < -0.4 is 20.5 Å². The smallest absolute Gasteiger partial charge is 0.258 e. The maximum Gasteiger partial charge on any atom is 0.258 e. The summed E-state index contributed by atoms with van der Waals surface area (Å²) in [5, 5.41) is 10.1. The zero-order valence-electron chi connectivity index (χ0n) is 17.3. The molecule has 0 bridgehead atoms. The molecule has 33 heavy (non-hydrogen) atoms. The van der Waals surface area contributed by atoms with Crippen LogP contribution in [0.5, 0.6) is 17.4 Å². The molecule has 0 saturated heterocycles. The van der Waals surface area contributed by atoms with Gasteiger partial charge in [0.2, 0.25) is 5.88 Å². The molecule has 0 radical (unpaired) electrons. The molecule has 11 heteroatoms. The fourth-order valence-electron chi connectivity index (χ4n) is 2.86. The normalized spacial score (nSPS) is 11.7. The van der Waals surface area contributed by atoms with Crippen LogP contribution in [0.4, 0.5) is 4.39 Å². The van der Waals surface area contributed by atoms with Crippen molar-refractivity contribution < 1.29 is 28.1 Å². The maximum atomic E-state index is 14.4. The first-order valence-electron chi connectivity index (χ1n) is 9.78. The fraction of sp³-hybridized carbons (Fsp3) is 0.136. The molecule has 3 N–H and O–H groups in total. The van der Waals surface area contributed by atoms with E-state index in [1.54, 1.807) is 24.3 Å². The number of pyridine rings is 1. The standard InChI is InChI=1S/C22H18FN5O5/c1-12(20(24)29)31-14-5-4-13(17(23)9-14)11-26-21(30)16-3-2-8-25-22(16)32-15-6-7-18-19(10-15)28-33-27-18/h2-10,12H,11H2,1H3,(H2,24,29)(H,26,30)/t12-/m1/s1. The number of nitrogens with one attached hydrogen (secondary N) is 1. The number of nitrogens with two attached hydrogens (primary N) is 1. The predicted octanol–water partition coefficient (Wildman–Crippen LogP) is 2.73. The summed E-state index contributed by atoms with van der Waals surface area (Å²) in [7, 11) is 0. The monoisotopic (exact) mass is 451 g/mol. The zero-order chi connectivity index (χ0) is 23.4. The average molecular weight is 451 g/mol. The van der Waals surface area contributed by atoms with E-state index in [0.29, 0.717) is 16.8 Å². The lowest BCUT2D eigenvalue weighted by molar-refractivity contribution is -0.123. The van der Waals surface area contributed by atoms with Crippen LogP contribution in [0.15, 0.2) is 59.4 Å². The fourth-order valence-corrected chi connectivity index (χ4v) is 2.86. The topological polar surface area (TPSA) is 142 Å². The molecule has 0 aliphatic carbocycles. The summed E-state index contributed by atoms with van der Waals surface area (Å²) in [6.45, 7) is 1.36. The molecule has 0 unspecified atom stereocenters. The number of fused-ring (bicyclic) bond motifs is 1. The van der Waals surface area contributed by atoms with Crippen LogP contribution in [-0.2, 0) is 11.3 Å². The summed E-state index contributed by atoms with van der Waals surface area (Å²) in [6, 6.07) is 12.1. The van der Waals surface area contributed by atoms with Crippen LogP contribution in [0.25, 0.3) is 11.0 Å². The second kappa shape index (κ2) is 9.30. The molecule has 2 aromatic heterocycles. The number of carbonyl (C=O) groups is 2. The van der Waals surface area contributed by atoms with Crippen LogP contribution in [-0.4, -0.2) is 33.2 Å². The minimum atomic E-state index is -0.903. The lowest BCUT2D eigenvalue weighted by Crippen LogP contribution is -2.30. The van der Waals surface area contributed by atoms with Crippen molar-refractivity contribution in [3.63, 3.8) is 0 Å². The van der Waals surface area contributed by atoms with Crippen molar-refractivity contribution in [2.45, 2.75) is 19.6 Å². The highest BCUT2D eigenvalue weighted by Gasteiger charge is 2.16. The van der Waals surface area contributed by atoms with Crippen LogP contribution in [0.1, 0.15) is 22.8 Å². The number of amides is 2. The van der Waals surface area contributed by atoms with Crippen molar-refractivity contribution >= 4 is 22.8 Å². The Bertz CT molecular complexity index is 1330. The number of aromatic nitrogens is 3. The minimum absolute atomic E-state index is 0.0652. The third kappa shape index (κ3) is 5.03. The molecule has 0 fully saturated rings. The van der Waals surface area contributed by atoms with Crippen molar-refractivity contribution in [1.29, 1.82) is 0 Å². The molecule has 168 valence electrons. The maximum absolute atomic E-state index is 14.4. The van der Waals surface area contributed by atoms with Crippen molar-refractivity contribution in [1.82, 2.24) is 20.6 Å². The average Bonchev–Trinajstić information content (AvgIpc) is 3.26. The molecular weight excluding hydrogens is 433 g/mol. The number of halogens is 1. The molecule has 4 aromatic rings. The van der Waals surface area contributed by atoms with Crippen molar-refractivity contribution in [2.24, 2.45) is 5.73 Å². The van der Waals surface area contributed by atoms with Crippen LogP contribution in [0, 0.1) is 5.82 Å². The van der Waals surface area contributed by atoms with E-state index in [4.69, 9.17) is 15.2 Å². The molecule has 10 nitrogen and oxygen atoms in total. The first kappa shape index (κ1) is 21.7. The van der Waals surface area contributed by atoms with Gasteiger partial charge in [-0.15, -0.1) is 0 Å². The molecule has 0 saturated carbocycles. The Hall–Kier alpha value is -4.54.